The summed E-state index contributed by atoms with van der Waals surface area (Å²) in [6.07, 6.45) is 2.78. The van der Waals surface area contributed by atoms with Crippen molar-refractivity contribution in [3.05, 3.63) is 41.2 Å². The van der Waals surface area contributed by atoms with Gasteiger partial charge in [-0.05, 0) is 24.3 Å². The average molecular weight is 232 g/mol. The molecule has 0 unspecified atom stereocenters. The van der Waals surface area contributed by atoms with Crippen LogP contribution in [0.4, 0.5) is 4.39 Å². The zero-order valence-electron chi connectivity index (χ0n) is 8.81. The quantitative estimate of drug-likeness (QED) is 0.491. The Morgan fingerprint density at radius 2 is 2.24 bits per heavy atom. The highest BCUT2D eigenvalue weighted by atomic mass is 19.1. The SMILES string of the molecule is O=CCC#Cc1ccc(F)c(/C=C/C(=O)O)c1. The number of carboxylic acids is 1. The molecule has 0 atom stereocenters. The molecule has 17 heavy (non-hydrogen) atoms. The number of halogens is 1. The van der Waals surface area contributed by atoms with Crippen LogP contribution >= 0.6 is 0 Å². The largest absolute Gasteiger partial charge is 0.478 e. The summed E-state index contributed by atoms with van der Waals surface area (Å²) in [6, 6.07) is 4.09. The molecule has 1 N–H and O–H groups in total. The van der Waals surface area contributed by atoms with Crippen LogP contribution in [0, 0.1) is 17.7 Å². The maximum absolute atomic E-state index is 13.3. The Hall–Kier alpha value is -2.41. The topological polar surface area (TPSA) is 54.4 Å². The Labute approximate surface area is 97.6 Å². The first kappa shape index (κ1) is 12.7. The monoisotopic (exact) mass is 232 g/mol. The third-order valence-electron chi connectivity index (χ3n) is 1.82. The van der Waals surface area contributed by atoms with Gasteiger partial charge < -0.3 is 9.90 Å². The van der Waals surface area contributed by atoms with E-state index < -0.39 is 11.8 Å². The van der Waals surface area contributed by atoms with Crippen LogP contribution < -0.4 is 0 Å². The first-order valence-corrected chi connectivity index (χ1v) is 4.76. The molecule has 0 spiro atoms. The molecule has 0 saturated carbocycles. The summed E-state index contributed by atoms with van der Waals surface area (Å²) in [7, 11) is 0. The van der Waals surface area contributed by atoms with Crippen molar-refractivity contribution in [2.45, 2.75) is 6.42 Å². The number of carboxylic acid groups (broad SMARTS) is 1. The zero-order chi connectivity index (χ0) is 12.7. The molecule has 0 saturated heterocycles. The molecule has 0 aliphatic heterocycles. The van der Waals surface area contributed by atoms with E-state index >= 15 is 0 Å². The van der Waals surface area contributed by atoms with Gasteiger partial charge in [0.2, 0.25) is 0 Å². The first-order chi connectivity index (χ1) is 8.13. The number of rotatable bonds is 3. The fourth-order valence-corrected chi connectivity index (χ4v) is 1.11. The lowest BCUT2D eigenvalue weighted by Gasteiger charge is -1.97. The molecule has 0 aliphatic carbocycles. The minimum Gasteiger partial charge on any atom is -0.478 e. The van der Waals surface area contributed by atoms with E-state index in [0.29, 0.717) is 11.8 Å². The predicted molar refractivity (Wildman–Crippen MR) is 60.6 cm³/mol. The molecule has 1 aromatic rings. The number of carbonyl (C=O) groups excluding carboxylic acids is 1. The second-order valence-corrected chi connectivity index (χ2v) is 3.08. The van der Waals surface area contributed by atoms with Gasteiger partial charge in [-0.1, -0.05) is 11.8 Å². The van der Waals surface area contributed by atoms with Gasteiger partial charge in [0, 0.05) is 17.2 Å². The summed E-state index contributed by atoms with van der Waals surface area (Å²) < 4.78 is 13.3. The standard InChI is InChI=1S/C13H9FO3/c14-12-6-4-10(3-1-2-8-15)9-11(12)5-7-13(16)17/h4-9H,2H2,(H,16,17)/b7-5+. The van der Waals surface area contributed by atoms with E-state index in [-0.39, 0.29) is 12.0 Å². The predicted octanol–water partition coefficient (Wildman–Crippen LogP) is 1.86. The van der Waals surface area contributed by atoms with Gasteiger partial charge in [-0.25, -0.2) is 9.18 Å². The second-order valence-electron chi connectivity index (χ2n) is 3.08. The highest BCUT2D eigenvalue weighted by molar-refractivity contribution is 5.85. The minimum atomic E-state index is -1.15. The van der Waals surface area contributed by atoms with E-state index in [9.17, 15) is 14.0 Å². The average Bonchev–Trinajstić information content (AvgIpc) is 2.29. The lowest BCUT2D eigenvalue weighted by atomic mass is 10.1. The van der Waals surface area contributed by atoms with Crippen LogP contribution in [-0.4, -0.2) is 17.4 Å². The number of carbonyl (C=O) groups is 2. The lowest BCUT2D eigenvalue weighted by molar-refractivity contribution is -0.131. The molecule has 1 aromatic carbocycles. The lowest BCUT2D eigenvalue weighted by Crippen LogP contribution is -1.88. The van der Waals surface area contributed by atoms with E-state index in [1.165, 1.54) is 18.2 Å². The molecule has 4 heteroatoms. The van der Waals surface area contributed by atoms with E-state index in [1.807, 2.05) is 0 Å². The van der Waals surface area contributed by atoms with Crippen molar-refractivity contribution in [3.63, 3.8) is 0 Å². The second kappa shape index (κ2) is 6.23. The number of aliphatic carboxylic acids is 1. The molecule has 3 nitrogen and oxygen atoms in total. The van der Waals surface area contributed by atoms with Gasteiger partial charge in [-0.2, -0.15) is 0 Å². The van der Waals surface area contributed by atoms with Gasteiger partial charge >= 0.3 is 5.97 Å². The van der Waals surface area contributed by atoms with Crippen molar-refractivity contribution in [2.24, 2.45) is 0 Å². The first-order valence-electron chi connectivity index (χ1n) is 4.76. The smallest absolute Gasteiger partial charge is 0.328 e. The molecule has 0 aromatic heterocycles. The molecule has 0 aliphatic rings. The summed E-state index contributed by atoms with van der Waals surface area (Å²) >= 11 is 0. The van der Waals surface area contributed by atoms with Crippen molar-refractivity contribution in [1.82, 2.24) is 0 Å². The number of aldehydes is 1. The van der Waals surface area contributed by atoms with Crippen molar-refractivity contribution >= 4 is 18.3 Å². The molecule has 1 rings (SSSR count). The number of benzene rings is 1. The van der Waals surface area contributed by atoms with Crippen LogP contribution in [0.25, 0.3) is 6.08 Å². The van der Waals surface area contributed by atoms with E-state index in [2.05, 4.69) is 11.8 Å². The van der Waals surface area contributed by atoms with Crippen molar-refractivity contribution < 1.29 is 19.1 Å². The van der Waals surface area contributed by atoms with Gasteiger partial charge in [0.25, 0.3) is 0 Å². The minimum absolute atomic E-state index is 0.109. The van der Waals surface area contributed by atoms with Gasteiger partial charge in [0.15, 0.2) is 0 Å². The maximum Gasteiger partial charge on any atom is 0.328 e. The van der Waals surface area contributed by atoms with Crippen molar-refractivity contribution in [3.8, 4) is 11.8 Å². The number of hydrogen-bond acceptors (Lipinski definition) is 2. The molecular weight excluding hydrogens is 223 g/mol. The van der Waals surface area contributed by atoms with Crippen LogP contribution in [0.3, 0.4) is 0 Å². The molecule has 0 heterocycles. The summed E-state index contributed by atoms with van der Waals surface area (Å²) in [4.78, 5) is 20.4. The Bertz CT molecular complexity index is 521. The molecule has 0 amide bonds. The highest BCUT2D eigenvalue weighted by Gasteiger charge is 1.99. The number of hydrogen-bond donors (Lipinski definition) is 1. The molecule has 86 valence electrons. The van der Waals surface area contributed by atoms with Crippen molar-refractivity contribution in [1.29, 1.82) is 0 Å². The Morgan fingerprint density at radius 3 is 2.88 bits per heavy atom. The summed E-state index contributed by atoms with van der Waals surface area (Å²) in [5.41, 5.74) is 0.670. The third-order valence-corrected chi connectivity index (χ3v) is 1.82. The molecule has 0 bridgehead atoms. The van der Waals surface area contributed by atoms with Crippen LogP contribution in [-0.2, 0) is 9.59 Å². The van der Waals surface area contributed by atoms with Gasteiger partial charge in [-0.15, -0.1) is 0 Å². The summed E-state index contributed by atoms with van der Waals surface area (Å²) in [5, 5.41) is 8.43. The third kappa shape index (κ3) is 4.31. The molecule has 0 radical (unpaired) electrons. The van der Waals surface area contributed by atoms with Crippen LogP contribution in [0.15, 0.2) is 24.3 Å². The highest BCUT2D eigenvalue weighted by Crippen LogP contribution is 2.11. The van der Waals surface area contributed by atoms with Gasteiger partial charge in [0.1, 0.15) is 12.1 Å². The normalized spacial score (nSPS) is 9.71. The maximum atomic E-state index is 13.3. The van der Waals surface area contributed by atoms with Gasteiger partial charge in [-0.3, -0.25) is 0 Å². The van der Waals surface area contributed by atoms with E-state index in [4.69, 9.17) is 5.11 Å². The summed E-state index contributed by atoms with van der Waals surface area (Å²) in [6.45, 7) is 0. The Balaban J connectivity index is 2.99. The molecular formula is C13H9FO3. The fourth-order valence-electron chi connectivity index (χ4n) is 1.11. The Kier molecular flexibility index (Phi) is 4.64. The van der Waals surface area contributed by atoms with Crippen LogP contribution in [0.2, 0.25) is 0 Å². The van der Waals surface area contributed by atoms with E-state index in [0.717, 1.165) is 12.2 Å². The van der Waals surface area contributed by atoms with Crippen LogP contribution in [0.1, 0.15) is 17.5 Å². The zero-order valence-corrected chi connectivity index (χ0v) is 8.81. The summed E-state index contributed by atoms with van der Waals surface area (Å²) in [5.74, 6) is 3.58. The van der Waals surface area contributed by atoms with Gasteiger partial charge in [0.05, 0.1) is 6.42 Å². The fraction of sp³-hybridized carbons (Fsp3) is 0.0769. The van der Waals surface area contributed by atoms with Crippen LogP contribution in [0.5, 0.6) is 0 Å². The van der Waals surface area contributed by atoms with E-state index in [1.54, 1.807) is 0 Å². The Morgan fingerprint density at radius 1 is 1.47 bits per heavy atom. The molecule has 0 fully saturated rings. The van der Waals surface area contributed by atoms with Crippen molar-refractivity contribution in [2.75, 3.05) is 0 Å².